The molecule has 6 nitrogen and oxygen atoms in total. The molecule has 1 aliphatic heterocycles. The Bertz CT molecular complexity index is 401. The normalized spacial score (nSPS) is 25.1. The molecule has 1 aliphatic rings. The van der Waals surface area contributed by atoms with E-state index in [1.54, 1.807) is 0 Å². The van der Waals surface area contributed by atoms with Gasteiger partial charge in [0, 0.05) is 19.6 Å². The number of rotatable bonds is 1. The summed E-state index contributed by atoms with van der Waals surface area (Å²) in [6, 6.07) is 0. The van der Waals surface area contributed by atoms with Crippen molar-refractivity contribution in [2.45, 2.75) is 12.8 Å². The van der Waals surface area contributed by atoms with E-state index in [2.05, 4.69) is 4.72 Å². The molecule has 0 aromatic carbocycles. The van der Waals surface area contributed by atoms with Gasteiger partial charge in [0.15, 0.2) is 0 Å². The van der Waals surface area contributed by atoms with Crippen LogP contribution < -0.4 is 4.72 Å². The fourth-order valence-electron chi connectivity index (χ4n) is 1.38. The SMILES string of the molecule is CS(=O)(=O)N1CCCCNS(=O)(=O)CC1. The Morgan fingerprint density at radius 2 is 1.87 bits per heavy atom. The van der Waals surface area contributed by atoms with Crippen molar-refractivity contribution < 1.29 is 16.8 Å². The molecular formula is C7H16N2O4S2. The summed E-state index contributed by atoms with van der Waals surface area (Å²) in [7, 11) is -6.61. The predicted octanol–water partition coefficient (Wildman–Crippen LogP) is -1.04. The highest BCUT2D eigenvalue weighted by Gasteiger charge is 2.21. The van der Waals surface area contributed by atoms with Gasteiger partial charge in [0.05, 0.1) is 12.0 Å². The van der Waals surface area contributed by atoms with Gasteiger partial charge in [-0.15, -0.1) is 0 Å². The number of hydrogen-bond acceptors (Lipinski definition) is 4. The second-order valence-corrected chi connectivity index (χ2v) is 7.49. The zero-order valence-corrected chi connectivity index (χ0v) is 10.3. The molecule has 0 unspecified atom stereocenters. The Hall–Kier alpha value is -0.180. The van der Waals surface area contributed by atoms with Crippen LogP contribution in [0.25, 0.3) is 0 Å². The van der Waals surface area contributed by atoms with Gasteiger partial charge in [-0.1, -0.05) is 0 Å². The van der Waals surface area contributed by atoms with Gasteiger partial charge in [-0.05, 0) is 12.8 Å². The highest BCUT2D eigenvalue weighted by atomic mass is 32.2. The van der Waals surface area contributed by atoms with Crippen LogP contribution in [0.15, 0.2) is 0 Å². The van der Waals surface area contributed by atoms with Crippen molar-refractivity contribution in [1.82, 2.24) is 9.03 Å². The zero-order chi connectivity index (χ0) is 11.5. The Labute approximate surface area is 90.8 Å². The summed E-state index contributed by atoms with van der Waals surface area (Å²) in [5.41, 5.74) is 0. The van der Waals surface area contributed by atoms with Gasteiger partial charge in [-0.25, -0.2) is 25.9 Å². The molecule has 1 heterocycles. The van der Waals surface area contributed by atoms with Crippen LogP contribution in [-0.2, 0) is 20.0 Å². The average molecular weight is 256 g/mol. The van der Waals surface area contributed by atoms with E-state index in [9.17, 15) is 16.8 Å². The molecule has 1 saturated heterocycles. The maximum Gasteiger partial charge on any atom is 0.212 e. The quantitative estimate of drug-likeness (QED) is 0.649. The molecule has 0 aromatic rings. The molecule has 0 radical (unpaired) electrons. The summed E-state index contributed by atoms with van der Waals surface area (Å²) in [5, 5.41) is 0. The first kappa shape index (κ1) is 12.9. The molecular weight excluding hydrogens is 240 g/mol. The van der Waals surface area contributed by atoms with E-state index in [1.807, 2.05) is 0 Å². The van der Waals surface area contributed by atoms with Gasteiger partial charge >= 0.3 is 0 Å². The Kier molecular flexibility index (Phi) is 4.10. The topological polar surface area (TPSA) is 83.6 Å². The lowest BCUT2D eigenvalue weighted by atomic mass is 10.3. The van der Waals surface area contributed by atoms with E-state index in [0.29, 0.717) is 25.9 Å². The first-order chi connectivity index (χ1) is 6.81. The second-order valence-electron chi connectivity index (χ2n) is 3.58. The molecule has 0 amide bonds. The molecule has 0 atom stereocenters. The van der Waals surface area contributed by atoms with E-state index in [4.69, 9.17) is 0 Å². The summed E-state index contributed by atoms with van der Waals surface area (Å²) in [6.07, 6.45) is 2.44. The molecule has 8 heteroatoms. The van der Waals surface area contributed by atoms with Gasteiger partial charge in [0.2, 0.25) is 20.0 Å². The molecule has 0 saturated carbocycles. The Balaban J connectivity index is 2.77. The van der Waals surface area contributed by atoms with Crippen molar-refractivity contribution in [2.24, 2.45) is 0 Å². The van der Waals surface area contributed by atoms with Crippen LogP contribution in [0.4, 0.5) is 0 Å². The molecule has 0 aromatic heterocycles. The lowest BCUT2D eigenvalue weighted by molar-refractivity contribution is 0.423. The number of hydrogen-bond donors (Lipinski definition) is 1. The van der Waals surface area contributed by atoms with Gasteiger partial charge in [-0.3, -0.25) is 0 Å². The van der Waals surface area contributed by atoms with Crippen molar-refractivity contribution >= 4 is 20.0 Å². The number of nitrogens with zero attached hydrogens (tertiary/aromatic N) is 1. The third-order valence-electron chi connectivity index (χ3n) is 2.23. The van der Waals surface area contributed by atoms with Crippen LogP contribution >= 0.6 is 0 Å². The molecule has 1 fully saturated rings. The minimum Gasteiger partial charge on any atom is -0.215 e. The van der Waals surface area contributed by atoms with Crippen LogP contribution in [0.2, 0.25) is 0 Å². The minimum absolute atomic E-state index is 0.0359. The van der Waals surface area contributed by atoms with Crippen LogP contribution in [0.5, 0.6) is 0 Å². The molecule has 1 rings (SSSR count). The van der Waals surface area contributed by atoms with Crippen LogP contribution in [0.3, 0.4) is 0 Å². The van der Waals surface area contributed by atoms with Gasteiger partial charge in [0.25, 0.3) is 0 Å². The van der Waals surface area contributed by atoms with E-state index < -0.39 is 20.0 Å². The van der Waals surface area contributed by atoms with Crippen molar-refractivity contribution in [1.29, 1.82) is 0 Å². The Morgan fingerprint density at radius 3 is 2.47 bits per heavy atom. The highest BCUT2D eigenvalue weighted by molar-refractivity contribution is 7.89. The second kappa shape index (κ2) is 4.77. The number of nitrogens with one attached hydrogen (secondary N) is 1. The summed E-state index contributed by atoms with van der Waals surface area (Å²) in [6.45, 7) is 0.824. The summed E-state index contributed by atoms with van der Waals surface area (Å²) in [5.74, 6) is -0.167. The minimum atomic E-state index is -3.32. The highest BCUT2D eigenvalue weighted by Crippen LogP contribution is 2.04. The molecule has 90 valence electrons. The van der Waals surface area contributed by atoms with Gasteiger partial charge in [0.1, 0.15) is 0 Å². The fraction of sp³-hybridized carbons (Fsp3) is 1.00. The maximum atomic E-state index is 11.3. The lowest BCUT2D eigenvalue weighted by Crippen LogP contribution is -2.36. The first-order valence-electron chi connectivity index (χ1n) is 4.74. The van der Waals surface area contributed by atoms with Gasteiger partial charge in [-0.2, -0.15) is 0 Å². The third-order valence-corrected chi connectivity index (χ3v) is 4.90. The third kappa shape index (κ3) is 4.45. The Morgan fingerprint density at radius 1 is 1.20 bits per heavy atom. The first-order valence-corrected chi connectivity index (χ1v) is 8.24. The van der Waals surface area contributed by atoms with Crippen LogP contribution in [0.1, 0.15) is 12.8 Å². The van der Waals surface area contributed by atoms with Crippen molar-refractivity contribution in [3.8, 4) is 0 Å². The average Bonchev–Trinajstić information content (AvgIpc) is 2.13. The molecule has 1 N–H and O–H groups in total. The number of sulfonamides is 2. The smallest absolute Gasteiger partial charge is 0.212 e. The van der Waals surface area contributed by atoms with Gasteiger partial charge < -0.3 is 0 Å². The van der Waals surface area contributed by atoms with E-state index in [0.717, 1.165) is 6.26 Å². The standard InChI is InChI=1S/C7H16N2O4S2/c1-14(10,11)9-5-3-2-4-8-15(12,13)7-6-9/h8H,2-7H2,1H3. The molecule has 0 spiro atoms. The summed E-state index contributed by atoms with van der Waals surface area (Å²) < 4.78 is 48.8. The predicted molar refractivity (Wildman–Crippen MR) is 57.4 cm³/mol. The molecule has 15 heavy (non-hydrogen) atoms. The fourth-order valence-corrected chi connectivity index (χ4v) is 3.44. The molecule has 0 bridgehead atoms. The van der Waals surface area contributed by atoms with E-state index in [1.165, 1.54) is 4.31 Å². The van der Waals surface area contributed by atoms with Crippen molar-refractivity contribution in [3.05, 3.63) is 0 Å². The zero-order valence-electron chi connectivity index (χ0n) is 8.64. The summed E-state index contributed by atoms with van der Waals surface area (Å²) in [4.78, 5) is 0. The van der Waals surface area contributed by atoms with E-state index >= 15 is 0 Å². The van der Waals surface area contributed by atoms with Crippen molar-refractivity contribution in [3.63, 3.8) is 0 Å². The largest absolute Gasteiger partial charge is 0.215 e. The van der Waals surface area contributed by atoms with Crippen LogP contribution in [0, 0.1) is 0 Å². The van der Waals surface area contributed by atoms with E-state index in [-0.39, 0.29) is 12.3 Å². The maximum absolute atomic E-state index is 11.3. The molecule has 0 aliphatic carbocycles. The monoisotopic (exact) mass is 256 g/mol. The lowest BCUT2D eigenvalue weighted by Gasteiger charge is -2.17. The van der Waals surface area contributed by atoms with Crippen LogP contribution in [-0.4, -0.2) is 52.8 Å². The van der Waals surface area contributed by atoms with Crippen molar-refractivity contribution in [2.75, 3.05) is 31.6 Å². The summed E-state index contributed by atoms with van der Waals surface area (Å²) >= 11 is 0.